The molecule has 0 aromatic heterocycles. The van der Waals surface area contributed by atoms with E-state index in [4.69, 9.17) is 0 Å². The summed E-state index contributed by atoms with van der Waals surface area (Å²) < 4.78 is 24.9. The van der Waals surface area contributed by atoms with Crippen LogP contribution in [0.3, 0.4) is 0 Å². The molecule has 0 saturated carbocycles. The van der Waals surface area contributed by atoms with Crippen molar-refractivity contribution < 1.29 is 13.2 Å². The summed E-state index contributed by atoms with van der Waals surface area (Å²) in [7, 11) is -3.19. The number of hydrogen-bond acceptors (Lipinski definition) is 4. The SMILES string of the molecule is CCCN(C(=O)CN1CCCS1(=O)=O)C1CCNCC1.Cl. The molecule has 6 nitrogen and oxygen atoms in total. The van der Waals surface area contributed by atoms with Crippen LogP contribution in [0.15, 0.2) is 0 Å². The Morgan fingerprint density at radius 2 is 2.00 bits per heavy atom. The summed E-state index contributed by atoms with van der Waals surface area (Å²) in [6.45, 7) is 5.14. The molecule has 0 unspecified atom stereocenters. The van der Waals surface area contributed by atoms with Crippen LogP contribution in [0.25, 0.3) is 0 Å². The quantitative estimate of drug-likeness (QED) is 0.789. The maximum absolute atomic E-state index is 12.5. The zero-order valence-corrected chi connectivity index (χ0v) is 14.2. The minimum atomic E-state index is -3.19. The van der Waals surface area contributed by atoms with Crippen molar-refractivity contribution in [2.24, 2.45) is 0 Å². The van der Waals surface area contributed by atoms with Gasteiger partial charge in [0.2, 0.25) is 15.9 Å². The van der Waals surface area contributed by atoms with Gasteiger partial charge in [0.25, 0.3) is 0 Å². The molecule has 2 rings (SSSR count). The highest BCUT2D eigenvalue weighted by Gasteiger charge is 2.33. The van der Waals surface area contributed by atoms with Crippen LogP contribution >= 0.6 is 12.4 Å². The Bertz CT molecular complexity index is 438. The summed E-state index contributed by atoms with van der Waals surface area (Å²) in [6, 6.07) is 0.258. The highest BCUT2D eigenvalue weighted by molar-refractivity contribution is 7.89. The average Bonchev–Trinajstić information content (AvgIpc) is 2.76. The first kappa shape index (κ1) is 18.7. The molecule has 2 fully saturated rings. The number of hydrogen-bond donors (Lipinski definition) is 1. The molecule has 2 saturated heterocycles. The highest BCUT2D eigenvalue weighted by atomic mass is 35.5. The van der Waals surface area contributed by atoms with E-state index in [9.17, 15) is 13.2 Å². The lowest BCUT2D eigenvalue weighted by atomic mass is 10.0. The molecule has 2 heterocycles. The first-order chi connectivity index (χ1) is 9.54. The summed E-state index contributed by atoms with van der Waals surface area (Å²) in [6.07, 6.45) is 3.45. The van der Waals surface area contributed by atoms with E-state index >= 15 is 0 Å². The highest BCUT2D eigenvalue weighted by Crippen LogP contribution is 2.17. The van der Waals surface area contributed by atoms with Gasteiger partial charge in [-0.15, -0.1) is 12.4 Å². The van der Waals surface area contributed by atoms with E-state index in [1.165, 1.54) is 4.31 Å². The molecule has 1 amide bonds. The van der Waals surface area contributed by atoms with E-state index in [1.807, 2.05) is 11.8 Å². The molecule has 2 aliphatic rings. The molecular formula is C13H26ClN3O3S. The molecule has 8 heteroatoms. The first-order valence-corrected chi connectivity index (χ1v) is 9.13. The molecule has 0 aromatic carbocycles. The minimum Gasteiger partial charge on any atom is -0.338 e. The van der Waals surface area contributed by atoms with Gasteiger partial charge in [-0.1, -0.05) is 6.92 Å². The second-order valence-electron chi connectivity index (χ2n) is 5.57. The summed E-state index contributed by atoms with van der Waals surface area (Å²) >= 11 is 0. The first-order valence-electron chi connectivity index (χ1n) is 7.52. The van der Waals surface area contributed by atoms with E-state index in [1.54, 1.807) is 0 Å². The molecule has 0 spiro atoms. The zero-order chi connectivity index (χ0) is 14.6. The predicted molar refractivity (Wildman–Crippen MR) is 85.1 cm³/mol. The molecular weight excluding hydrogens is 314 g/mol. The Hall–Kier alpha value is -0.370. The van der Waals surface area contributed by atoms with Crippen molar-refractivity contribution in [2.75, 3.05) is 38.5 Å². The monoisotopic (exact) mass is 339 g/mol. The minimum absolute atomic E-state index is 0. The van der Waals surface area contributed by atoms with Crippen LogP contribution in [0.2, 0.25) is 0 Å². The number of halogens is 1. The van der Waals surface area contributed by atoms with E-state index in [0.717, 1.165) is 38.9 Å². The van der Waals surface area contributed by atoms with Gasteiger partial charge < -0.3 is 10.2 Å². The van der Waals surface area contributed by atoms with Gasteiger partial charge in [-0.3, -0.25) is 4.79 Å². The number of amides is 1. The number of piperidine rings is 1. The van der Waals surface area contributed by atoms with Crippen molar-refractivity contribution in [1.82, 2.24) is 14.5 Å². The smallest absolute Gasteiger partial charge is 0.238 e. The maximum atomic E-state index is 12.5. The van der Waals surface area contributed by atoms with Gasteiger partial charge in [-0.2, -0.15) is 4.31 Å². The lowest BCUT2D eigenvalue weighted by Crippen LogP contribution is -2.49. The Morgan fingerprint density at radius 1 is 1.33 bits per heavy atom. The average molecular weight is 340 g/mol. The fourth-order valence-electron chi connectivity index (χ4n) is 2.98. The van der Waals surface area contributed by atoms with Crippen LogP contribution < -0.4 is 5.32 Å². The van der Waals surface area contributed by atoms with Gasteiger partial charge in [-0.05, 0) is 38.8 Å². The van der Waals surface area contributed by atoms with Crippen molar-refractivity contribution in [1.29, 1.82) is 0 Å². The standard InChI is InChI=1S/C13H25N3O3S.ClH/c1-2-8-16(12-4-6-14-7-5-12)13(17)11-15-9-3-10-20(15,18)19;/h12,14H,2-11H2,1H3;1H. The largest absolute Gasteiger partial charge is 0.338 e. The molecule has 1 N–H and O–H groups in total. The third-order valence-electron chi connectivity index (χ3n) is 4.05. The van der Waals surface area contributed by atoms with Crippen molar-refractivity contribution in [3.05, 3.63) is 0 Å². The third kappa shape index (κ3) is 4.81. The summed E-state index contributed by atoms with van der Waals surface area (Å²) in [4.78, 5) is 14.4. The number of carbonyl (C=O) groups is 1. The van der Waals surface area contributed by atoms with Crippen LogP contribution in [0, 0.1) is 0 Å². The predicted octanol–water partition coefficient (Wildman–Crippen LogP) is 0.434. The van der Waals surface area contributed by atoms with Crippen LogP contribution in [0.5, 0.6) is 0 Å². The second-order valence-corrected chi connectivity index (χ2v) is 7.66. The molecule has 0 atom stereocenters. The van der Waals surface area contributed by atoms with Crippen LogP contribution in [-0.4, -0.2) is 68.0 Å². The Labute approximate surface area is 133 Å². The van der Waals surface area contributed by atoms with Crippen molar-refractivity contribution in [2.45, 2.75) is 38.6 Å². The van der Waals surface area contributed by atoms with Crippen LogP contribution in [0.4, 0.5) is 0 Å². The molecule has 0 bridgehead atoms. The van der Waals surface area contributed by atoms with Crippen LogP contribution in [0.1, 0.15) is 32.6 Å². The maximum Gasteiger partial charge on any atom is 0.238 e. The topological polar surface area (TPSA) is 69.7 Å². The normalized spacial score (nSPS) is 22.7. The molecule has 0 radical (unpaired) electrons. The fourth-order valence-corrected chi connectivity index (χ4v) is 4.45. The molecule has 2 aliphatic heterocycles. The Morgan fingerprint density at radius 3 is 2.52 bits per heavy atom. The molecule has 0 aromatic rings. The Balaban J connectivity index is 0.00000220. The lowest BCUT2D eigenvalue weighted by Gasteiger charge is -2.35. The summed E-state index contributed by atoms with van der Waals surface area (Å²) in [5.74, 6) is 0.144. The number of sulfonamides is 1. The van der Waals surface area contributed by atoms with Gasteiger partial charge >= 0.3 is 0 Å². The lowest BCUT2D eigenvalue weighted by molar-refractivity contribution is -0.134. The zero-order valence-electron chi connectivity index (χ0n) is 12.6. The van der Waals surface area contributed by atoms with E-state index < -0.39 is 10.0 Å². The van der Waals surface area contributed by atoms with Gasteiger partial charge in [0.15, 0.2) is 0 Å². The van der Waals surface area contributed by atoms with Gasteiger partial charge in [0.1, 0.15) is 0 Å². The molecule has 21 heavy (non-hydrogen) atoms. The number of nitrogens with one attached hydrogen (secondary N) is 1. The number of rotatable bonds is 5. The third-order valence-corrected chi connectivity index (χ3v) is 5.95. The van der Waals surface area contributed by atoms with E-state index in [2.05, 4.69) is 5.32 Å². The Kier molecular flexibility index (Phi) is 7.39. The van der Waals surface area contributed by atoms with E-state index in [0.29, 0.717) is 13.0 Å². The summed E-state index contributed by atoms with van der Waals surface area (Å²) in [5, 5.41) is 3.29. The van der Waals surface area contributed by atoms with Gasteiger partial charge in [0, 0.05) is 19.1 Å². The second kappa shape index (κ2) is 8.31. The summed E-state index contributed by atoms with van der Waals surface area (Å²) in [5.41, 5.74) is 0. The van der Waals surface area contributed by atoms with Crippen LogP contribution in [-0.2, 0) is 14.8 Å². The van der Waals surface area contributed by atoms with Gasteiger partial charge in [0.05, 0.1) is 12.3 Å². The number of carbonyl (C=O) groups excluding carboxylic acids is 1. The van der Waals surface area contributed by atoms with Crippen molar-refractivity contribution in [3.63, 3.8) is 0 Å². The fraction of sp³-hybridized carbons (Fsp3) is 0.923. The molecule has 124 valence electrons. The number of nitrogens with zero attached hydrogens (tertiary/aromatic N) is 2. The molecule has 0 aliphatic carbocycles. The van der Waals surface area contributed by atoms with E-state index in [-0.39, 0.29) is 36.7 Å². The van der Waals surface area contributed by atoms with Crippen molar-refractivity contribution >= 4 is 28.3 Å². The van der Waals surface area contributed by atoms with Gasteiger partial charge in [-0.25, -0.2) is 8.42 Å². The van der Waals surface area contributed by atoms with Crippen molar-refractivity contribution in [3.8, 4) is 0 Å².